The number of amides is 1. The average Bonchev–Trinajstić information content (AvgIpc) is 2.34. The summed E-state index contributed by atoms with van der Waals surface area (Å²) in [4.78, 5) is 15.0. The van der Waals surface area contributed by atoms with E-state index in [1.807, 2.05) is 0 Å². The fourth-order valence-electron chi connectivity index (χ4n) is 1.41. The first-order chi connectivity index (χ1) is 8.67. The maximum Gasteiger partial charge on any atom is 0.410 e. The Morgan fingerprint density at radius 1 is 1.61 bits per heavy atom. The summed E-state index contributed by atoms with van der Waals surface area (Å²) in [5.74, 6) is 5.53. The van der Waals surface area contributed by atoms with E-state index in [1.165, 1.54) is 0 Å². The third kappa shape index (κ3) is 4.44. The summed E-state index contributed by atoms with van der Waals surface area (Å²) in [7, 11) is 0. The van der Waals surface area contributed by atoms with Gasteiger partial charge in [-0.25, -0.2) is 4.79 Å². The van der Waals surface area contributed by atoms with Crippen molar-refractivity contribution in [1.82, 2.24) is 4.98 Å². The molecule has 0 aromatic carbocycles. The first-order valence-corrected chi connectivity index (χ1v) is 5.73. The molecule has 0 aliphatic rings. The third-order valence-electron chi connectivity index (χ3n) is 2.22. The Balaban J connectivity index is 2.99. The number of carbonyl (C=O) groups is 1. The van der Waals surface area contributed by atoms with Gasteiger partial charge in [-0.05, 0) is 12.8 Å². The van der Waals surface area contributed by atoms with Crippen LogP contribution >= 0.6 is 0 Å². The van der Waals surface area contributed by atoms with Crippen LogP contribution in [-0.2, 0) is 6.42 Å². The molecule has 0 unspecified atom stereocenters. The van der Waals surface area contributed by atoms with Gasteiger partial charge in [0.15, 0.2) is 5.75 Å². The van der Waals surface area contributed by atoms with Crippen LogP contribution in [0.1, 0.15) is 31.0 Å². The van der Waals surface area contributed by atoms with Crippen LogP contribution in [0.15, 0.2) is 12.3 Å². The third-order valence-corrected chi connectivity index (χ3v) is 2.22. The SMILES string of the molecule is CCCCc1ncc(C#CCO)cc1OC(N)=O. The number of pyridine rings is 1. The van der Waals surface area contributed by atoms with Crippen LogP contribution in [0, 0.1) is 11.8 Å². The number of rotatable bonds is 4. The summed E-state index contributed by atoms with van der Waals surface area (Å²) in [6.07, 6.45) is 3.39. The highest BCUT2D eigenvalue weighted by atomic mass is 16.5. The zero-order chi connectivity index (χ0) is 13.4. The van der Waals surface area contributed by atoms with Gasteiger partial charge in [0.2, 0.25) is 0 Å². The lowest BCUT2D eigenvalue weighted by molar-refractivity contribution is 0.210. The van der Waals surface area contributed by atoms with Crippen molar-refractivity contribution in [2.45, 2.75) is 26.2 Å². The molecular weight excluding hydrogens is 232 g/mol. The standard InChI is InChI=1S/C13H16N2O3/c1-2-3-6-11-12(18-13(14)17)8-10(9-15-11)5-4-7-16/h8-9,16H,2-3,6-7H2,1H3,(H2,14,17). The monoisotopic (exact) mass is 248 g/mol. The summed E-state index contributed by atoms with van der Waals surface area (Å²) in [5, 5.41) is 8.61. The fourth-order valence-corrected chi connectivity index (χ4v) is 1.41. The average molecular weight is 248 g/mol. The highest BCUT2D eigenvalue weighted by Crippen LogP contribution is 2.19. The molecule has 1 aromatic heterocycles. The Morgan fingerprint density at radius 3 is 3.00 bits per heavy atom. The minimum absolute atomic E-state index is 0.233. The lowest BCUT2D eigenvalue weighted by Gasteiger charge is -2.07. The van der Waals surface area contributed by atoms with E-state index in [0.717, 1.165) is 12.8 Å². The number of aryl methyl sites for hydroxylation is 1. The van der Waals surface area contributed by atoms with E-state index in [1.54, 1.807) is 12.3 Å². The van der Waals surface area contributed by atoms with E-state index in [0.29, 0.717) is 23.4 Å². The molecule has 5 nitrogen and oxygen atoms in total. The molecule has 0 radical (unpaired) electrons. The molecule has 0 saturated heterocycles. The van der Waals surface area contributed by atoms with Crippen molar-refractivity contribution in [3.63, 3.8) is 0 Å². The number of hydrogen-bond donors (Lipinski definition) is 2. The summed E-state index contributed by atoms with van der Waals surface area (Å²) >= 11 is 0. The van der Waals surface area contributed by atoms with Gasteiger partial charge in [-0.15, -0.1) is 0 Å². The lowest BCUT2D eigenvalue weighted by Crippen LogP contribution is -2.17. The quantitative estimate of drug-likeness (QED) is 0.785. The number of aliphatic hydroxyl groups is 1. The van der Waals surface area contributed by atoms with E-state index < -0.39 is 6.09 Å². The van der Waals surface area contributed by atoms with Crippen LogP contribution < -0.4 is 10.5 Å². The summed E-state index contributed by atoms with van der Waals surface area (Å²) in [5.41, 5.74) is 6.26. The maximum atomic E-state index is 10.8. The smallest absolute Gasteiger partial charge is 0.408 e. The number of carbonyl (C=O) groups excluding carboxylic acids is 1. The number of hydrogen-bond acceptors (Lipinski definition) is 4. The van der Waals surface area contributed by atoms with Crippen molar-refractivity contribution < 1.29 is 14.6 Å². The highest BCUT2D eigenvalue weighted by molar-refractivity contribution is 5.68. The maximum absolute atomic E-state index is 10.8. The molecule has 96 valence electrons. The van der Waals surface area contributed by atoms with Crippen LogP contribution in [-0.4, -0.2) is 22.8 Å². The van der Waals surface area contributed by atoms with Crippen molar-refractivity contribution in [2.24, 2.45) is 5.73 Å². The van der Waals surface area contributed by atoms with Crippen molar-refractivity contribution in [3.8, 4) is 17.6 Å². The van der Waals surface area contributed by atoms with Gasteiger partial charge in [-0.2, -0.15) is 0 Å². The molecular formula is C13H16N2O3. The Bertz CT molecular complexity index is 475. The van der Waals surface area contributed by atoms with Gasteiger partial charge in [-0.1, -0.05) is 25.2 Å². The number of primary amides is 1. The number of ether oxygens (including phenoxy) is 1. The minimum Gasteiger partial charge on any atom is -0.408 e. The molecule has 1 rings (SSSR count). The van der Waals surface area contributed by atoms with Gasteiger partial charge in [0, 0.05) is 17.8 Å². The summed E-state index contributed by atoms with van der Waals surface area (Å²) < 4.78 is 4.91. The number of nitrogens with two attached hydrogens (primary N) is 1. The second-order valence-electron chi connectivity index (χ2n) is 3.65. The minimum atomic E-state index is -0.873. The Kier molecular flexibility index (Phi) is 5.68. The molecule has 0 fully saturated rings. The van der Waals surface area contributed by atoms with E-state index in [-0.39, 0.29) is 6.61 Å². The highest BCUT2D eigenvalue weighted by Gasteiger charge is 2.08. The molecule has 1 heterocycles. The lowest BCUT2D eigenvalue weighted by atomic mass is 10.1. The van der Waals surface area contributed by atoms with Crippen LogP contribution in [0.25, 0.3) is 0 Å². The van der Waals surface area contributed by atoms with Crippen molar-refractivity contribution in [1.29, 1.82) is 0 Å². The largest absolute Gasteiger partial charge is 0.410 e. The molecule has 3 N–H and O–H groups in total. The van der Waals surface area contributed by atoms with Gasteiger partial charge in [0.25, 0.3) is 0 Å². The van der Waals surface area contributed by atoms with Crippen LogP contribution in [0.3, 0.4) is 0 Å². The molecule has 0 saturated carbocycles. The number of nitrogens with zero attached hydrogens (tertiary/aromatic N) is 1. The second kappa shape index (κ2) is 7.30. The molecule has 0 aliphatic carbocycles. The molecule has 0 atom stereocenters. The van der Waals surface area contributed by atoms with Crippen molar-refractivity contribution in [2.75, 3.05) is 6.61 Å². The Hall–Kier alpha value is -2.06. The number of aliphatic hydroxyl groups excluding tert-OH is 1. The summed E-state index contributed by atoms with van der Waals surface area (Å²) in [6, 6.07) is 1.60. The van der Waals surface area contributed by atoms with Gasteiger partial charge in [-0.3, -0.25) is 4.98 Å². The molecule has 0 spiro atoms. The van der Waals surface area contributed by atoms with Crippen LogP contribution in [0.4, 0.5) is 4.79 Å². The van der Waals surface area contributed by atoms with Gasteiger partial charge >= 0.3 is 6.09 Å². The zero-order valence-corrected chi connectivity index (χ0v) is 10.3. The normalized spacial score (nSPS) is 9.44. The Morgan fingerprint density at radius 2 is 2.39 bits per heavy atom. The molecule has 0 aliphatic heterocycles. The van der Waals surface area contributed by atoms with Crippen molar-refractivity contribution in [3.05, 3.63) is 23.5 Å². The molecule has 1 amide bonds. The zero-order valence-electron chi connectivity index (χ0n) is 10.3. The van der Waals surface area contributed by atoms with Crippen LogP contribution in [0.2, 0.25) is 0 Å². The van der Waals surface area contributed by atoms with Crippen LogP contribution in [0.5, 0.6) is 5.75 Å². The van der Waals surface area contributed by atoms with E-state index in [2.05, 4.69) is 23.7 Å². The van der Waals surface area contributed by atoms with Gasteiger partial charge < -0.3 is 15.6 Å². The van der Waals surface area contributed by atoms with Gasteiger partial charge in [0.1, 0.15) is 6.61 Å². The molecule has 1 aromatic rings. The number of aromatic nitrogens is 1. The van der Waals surface area contributed by atoms with E-state index >= 15 is 0 Å². The first-order valence-electron chi connectivity index (χ1n) is 5.73. The predicted molar refractivity (Wildman–Crippen MR) is 67.0 cm³/mol. The Labute approximate surface area is 106 Å². The topological polar surface area (TPSA) is 85.4 Å². The number of unbranched alkanes of at least 4 members (excludes halogenated alkanes) is 1. The fraction of sp³-hybridized carbons (Fsp3) is 0.385. The van der Waals surface area contributed by atoms with Crippen molar-refractivity contribution >= 4 is 6.09 Å². The molecule has 18 heavy (non-hydrogen) atoms. The molecule has 5 heteroatoms. The second-order valence-corrected chi connectivity index (χ2v) is 3.65. The first kappa shape index (κ1) is 14.0. The molecule has 0 bridgehead atoms. The summed E-state index contributed by atoms with van der Waals surface area (Å²) in [6.45, 7) is 1.83. The van der Waals surface area contributed by atoms with E-state index in [9.17, 15) is 4.79 Å². The van der Waals surface area contributed by atoms with Gasteiger partial charge in [0.05, 0.1) is 5.69 Å². The van der Waals surface area contributed by atoms with E-state index in [4.69, 9.17) is 15.6 Å². The predicted octanol–water partition coefficient (Wildman–Crippen LogP) is 1.23.